The molecule has 1 aromatic carbocycles. The predicted molar refractivity (Wildman–Crippen MR) is 73.1 cm³/mol. The van der Waals surface area contributed by atoms with Crippen LogP contribution >= 0.6 is 11.3 Å². The van der Waals surface area contributed by atoms with Crippen LogP contribution in [0.2, 0.25) is 0 Å². The number of Topliss-reactive ketones (excluding diaryl/α,β-unsaturated/α-hetero) is 1. The van der Waals surface area contributed by atoms with Gasteiger partial charge in [-0.25, -0.2) is 0 Å². The first-order valence-electron chi connectivity index (χ1n) is 5.48. The molecule has 0 spiro atoms. The van der Waals surface area contributed by atoms with Gasteiger partial charge in [-0.1, -0.05) is 12.1 Å². The molecular formula is C14H15NOS. The minimum Gasteiger partial charge on any atom is -0.378 e. The molecule has 1 heterocycles. The molecule has 0 unspecified atom stereocenters. The molecule has 0 saturated heterocycles. The average Bonchev–Trinajstić information content (AvgIpc) is 2.82. The highest BCUT2D eigenvalue weighted by atomic mass is 32.1. The lowest BCUT2D eigenvalue weighted by Gasteiger charge is -2.13. The summed E-state index contributed by atoms with van der Waals surface area (Å²) in [5.41, 5.74) is 2.93. The van der Waals surface area contributed by atoms with Gasteiger partial charge in [-0.2, -0.15) is 11.3 Å². The summed E-state index contributed by atoms with van der Waals surface area (Å²) in [6, 6.07) is 9.74. The third-order valence-corrected chi connectivity index (χ3v) is 3.36. The van der Waals surface area contributed by atoms with Gasteiger partial charge < -0.3 is 4.90 Å². The topological polar surface area (TPSA) is 20.3 Å². The van der Waals surface area contributed by atoms with Gasteiger partial charge in [0, 0.05) is 31.8 Å². The standard InChI is InChI=1S/C14H15NOS/c1-15(2)13-5-3-4-12(9-13)14(16)8-11-6-7-17-10-11/h3-7,9-10H,8H2,1-2H3. The van der Waals surface area contributed by atoms with Crippen molar-refractivity contribution in [2.24, 2.45) is 0 Å². The molecule has 0 aliphatic rings. The number of rotatable bonds is 4. The zero-order chi connectivity index (χ0) is 12.3. The van der Waals surface area contributed by atoms with E-state index in [0.29, 0.717) is 6.42 Å². The van der Waals surface area contributed by atoms with Crippen molar-refractivity contribution in [3.05, 3.63) is 52.2 Å². The smallest absolute Gasteiger partial charge is 0.167 e. The van der Waals surface area contributed by atoms with E-state index in [9.17, 15) is 4.79 Å². The zero-order valence-electron chi connectivity index (χ0n) is 10.0. The Kier molecular flexibility index (Phi) is 3.59. The van der Waals surface area contributed by atoms with Crippen LogP contribution in [0.3, 0.4) is 0 Å². The molecule has 0 aliphatic carbocycles. The monoisotopic (exact) mass is 245 g/mol. The van der Waals surface area contributed by atoms with Gasteiger partial charge in [-0.3, -0.25) is 4.79 Å². The van der Waals surface area contributed by atoms with Crippen LogP contribution in [0, 0.1) is 0 Å². The normalized spacial score (nSPS) is 10.2. The van der Waals surface area contributed by atoms with Gasteiger partial charge in [0.05, 0.1) is 0 Å². The Labute approximate surface area is 106 Å². The summed E-state index contributed by atoms with van der Waals surface area (Å²) >= 11 is 1.62. The van der Waals surface area contributed by atoms with E-state index in [1.807, 2.05) is 60.1 Å². The van der Waals surface area contributed by atoms with E-state index in [4.69, 9.17) is 0 Å². The fourth-order valence-corrected chi connectivity index (χ4v) is 2.31. The van der Waals surface area contributed by atoms with Gasteiger partial charge >= 0.3 is 0 Å². The van der Waals surface area contributed by atoms with Crippen molar-refractivity contribution in [2.45, 2.75) is 6.42 Å². The maximum atomic E-state index is 12.1. The van der Waals surface area contributed by atoms with Crippen LogP contribution in [0.5, 0.6) is 0 Å². The van der Waals surface area contributed by atoms with Crippen LogP contribution < -0.4 is 4.90 Å². The second kappa shape index (κ2) is 5.15. The number of hydrogen-bond donors (Lipinski definition) is 0. The minimum atomic E-state index is 0.173. The Morgan fingerprint density at radius 1 is 1.29 bits per heavy atom. The number of thiophene rings is 1. The lowest BCUT2D eigenvalue weighted by Crippen LogP contribution is -2.10. The summed E-state index contributed by atoms with van der Waals surface area (Å²) < 4.78 is 0. The SMILES string of the molecule is CN(C)c1cccc(C(=O)Cc2ccsc2)c1. The summed E-state index contributed by atoms with van der Waals surface area (Å²) in [5.74, 6) is 0.173. The van der Waals surface area contributed by atoms with Crippen LogP contribution in [0.4, 0.5) is 5.69 Å². The Bertz CT molecular complexity index is 503. The number of ketones is 1. The molecule has 17 heavy (non-hydrogen) atoms. The van der Waals surface area contributed by atoms with Crippen molar-refractivity contribution in [3.8, 4) is 0 Å². The molecule has 3 heteroatoms. The van der Waals surface area contributed by atoms with Crippen molar-refractivity contribution >= 4 is 22.8 Å². The molecule has 0 saturated carbocycles. The van der Waals surface area contributed by atoms with E-state index >= 15 is 0 Å². The van der Waals surface area contributed by atoms with Gasteiger partial charge in [0.25, 0.3) is 0 Å². The first-order valence-corrected chi connectivity index (χ1v) is 6.43. The van der Waals surface area contributed by atoms with Crippen molar-refractivity contribution in [2.75, 3.05) is 19.0 Å². The van der Waals surface area contributed by atoms with Crippen molar-refractivity contribution in [3.63, 3.8) is 0 Å². The van der Waals surface area contributed by atoms with E-state index in [-0.39, 0.29) is 5.78 Å². The number of benzene rings is 1. The van der Waals surface area contributed by atoms with Crippen molar-refractivity contribution in [1.82, 2.24) is 0 Å². The quantitative estimate of drug-likeness (QED) is 0.771. The largest absolute Gasteiger partial charge is 0.378 e. The molecule has 0 aliphatic heterocycles. The van der Waals surface area contributed by atoms with E-state index in [0.717, 1.165) is 16.8 Å². The minimum absolute atomic E-state index is 0.173. The van der Waals surface area contributed by atoms with Crippen LogP contribution in [0.25, 0.3) is 0 Å². The first kappa shape index (κ1) is 11.9. The Hall–Kier alpha value is -1.61. The second-order valence-electron chi connectivity index (χ2n) is 4.18. The van der Waals surface area contributed by atoms with Crippen LogP contribution in [0.1, 0.15) is 15.9 Å². The molecular weight excluding hydrogens is 230 g/mol. The molecule has 0 radical (unpaired) electrons. The predicted octanol–water partition coefficient (Wildman–Crippen LogP) is 3.24. The van der Waals surface area contributed by atoms with E-state index < -0.39 is 0 Å². The number of carbonyl (C=O) groups is 1. The highest BCUT2D eigenvalue weighted by Crippen LogP contribution is 2.16. The van der Waals surface area contributed by atoms with Crippen LogP contribution in [0.15, 0.2) is 41.1 Å². The summed E-state index contributed by atoms with van der Waals surface area (Å²) in [6.07, 6.45) is 0.486. The fourth-order valence-electron chi connectivity index (χ4n) is 1.64. The van der Waals surface area contributed by atoms with Crippen molar-refractivity contribution < 1.29 is 4.79 Å². The number of nitrogens with zero attached hydrogens (tertiary/aromatic N) is 1. The summed E-state index contributed by atoms with van der Waals surface area (Å²) in [7, 11) is 3.95. The highest BCUT2D eigenvalue weighted by Gasteiger charge is 2.08. The molecule has 2 rings (SSSR count). The molecule has 1 aromatic heterocycles. The van der Waals surface area contributed by atoms with E-state index in [2.05, 4.69) is 0 Å². The zero-order valence-corrected chi connectivity index (χ0v) is 10.8. The molecule has 0 N–H and O–H groups in total. The van der Waals surface area contributed by atoms with Crippen LogP contribution in [-0.4, -0.2) is 19.9 Å². The van der Waals surface area contributed by atoms with Gasteiger partial charge in [0.2, 0.25) is 0 Å². The molecule has 88 valence electrons. The average molecular weight is 245 g/mol. The number of carbonyl (C=O) groups excluding carboxylic acids is 1. The summed E-state index contributed by atoms with van der Waals surface area (Å²) in [4.78, 5) is 14.1. The molecule has 0 atom stereocenters. The Morgan fingerprint density at radius 2 is 2.12 bits per heavy atom. The molecule has 0 fully saturated rings. The van der Waals surface area contributed by atoms with E-state index in [1.54, 1.807) is 11.3 Å². The van der Waals surface area contributed by atoms with Crippen molar-refractivity contribution in [1.29, 1.82) is 0 Å². The summed E-state index contributed by atoms with van der Waals surface area (Å²) in [6.45, 7) is 0. The van der Waals surface area contributed by atoms with Gasteiger partial charge in [-0.05, 0) is 34.5 Å². The highest BCUT2D eigenvalue weighted by molar-refractivity contribution is 7.08. The molecule has 0 amide bonds. The maximum absolute atomic E-state index is 12.1. The van der Waals surface area contributed by atoms with Gasteiger partial charge in [0.15, 0.2) is 5.78 Å². The molecule has 2 aromatic rings. The molecule has 2 nitrogen and oxygen atoms in total. The van der Waals surface area contributed by atoms with E-state index in [1.165, 1.54) is 0 Å². The lowest BCUT2D eigenvalue weighted by molar-refractivity contribution is 0.0993. The number of hydrogen-bond acceptors (Lipinski definition) is 3. The third-order valence-electron chi connectivity index (χ3n) is 2.63. The molecule has 0 bridgehead atoms. The van der Waals surface area contributed by atoms with Gasteiger partial charge in [-0.15, -0.1) is 0 Å². The Balaban J connectivity index is 2.16. The number of anilines is 1. The van der Waals surface area contributed by atoms with Gasteiger partial charge in [0.1, 0.15) is 0 Å². The lowest BCUT2D eigenvalue weighted by atomic mass is 10.0. The first-order chi connectivity index (χ1) is 8.16. The van der Waals surface area contributed by atoms with Crippen LogP contribution in [-0.2, 0) is 6.42 Å². The maximum Gasteiger partial charge on any atom is 0.167 e. The third kappa shape index (κ3) is 2.94. The fraction of sp³-hybridized carbons (Fsp3) is 0.214. The summed E-state index contributed by atoms with van der Waals surface area (Å²) in [5, 5.41) is 4.02. The Morgan fingerprint density at radius 3 is 2.76 bits per heavy atom. The second-order valence-corrected chi connectivity index (χ2v) is 4.96.